The van der Waals surface area contributed by atoms with E-state index >= 15 is 0 Å². The van der Waals surface area contributed by atoms with Crippen LogP contribution < -0.4 is 11.1 Å². The van der Waals surface area contributed by atoms with Crippen molar-refractivity contribution in [3.63, 3.8) is 0 Å². The third-order valence-corrected chi connectivity index (χ3v) is 3.99. The Hall–Kier alpha value is -1.46. The lowest BCUT2D eigenvalue weighted by Gasteiger charge is -2.25. The number of benzene rings is 1. The zero-order chi connectivity index (χ0) is 16.1. The van der Waals surface area contributed by atoms with Gasteiger partial charge in [-0.25, -0.2) is 4.39 Å². The lowest BCUT2D eigenvalue weighted by atomic mass is 10.1. The Morgan fingerprint density at radius 3 is 2.86 bits per heavy atom. The van der Waals surface area contributed by atoms with Crippen LogP contribution in [0.1, 0.15) is 25.8 Å². The van der Waals surface area contributed by atoms with Crippen molar-refractivity contribution in [1.29, 1.82) is 0 Å². The molecule has 22 heavy (non-hydrogen) atoms. The predicted molar refractivity (Wildman–Crippen MR) is 85.9 cm³/mol. The van der Waals surface area contributed by atoms with Crippen LogP contribution in [-0.4, -0.2) is 42.5 Å². The SMILES string of the molecule is CC(C)CN1C[C@H](N)C[C@H]1C(=O)NCCc1ccccc1F. The molecule has 3 N–H and O–H groups in total. The monoisotopic (exact) mass is 307 g/mol. The molecule has 4 nitrogen and oxygen atoms in total. The summed E-state index contributed by atoms with van der Waals surface area (Å²) in [7, 11) is 0. The first-order valence-electron chi connectivity index (χ1n) is 7.98. The van der Waals surface area contributed by atoms with E-state index in [0.717, 1.165) is 13.1 Å². The van der Waals surface area contributed by atoms with Crippen molar-refractivity contribution in [2.45, 2.75) is 38.8 Å². The number of rotatable bonds is 6. The molecule has 1 saturated heterocycles. The molecule has 0 saturated carbocycles. The number of hydrogen-bond donors (Lipinski definition) is 2. The highest BCUT2D eigenvalue weighted by atomic mass is 19.1. The highest BCUT2D eigenvalue weighted by Gasteiger charge is 2.34. The van der Waals surface area contributed by atoms with Gasteiger partial charge >= 0.3 is 0 Å². The summed E-state index contributed by atoms with van der Waals surface area (Å²) in [5.74, 6) is 0.282. The van der Waals surface area contributed by atoms with E-state index < -0.39 is 0 Å². The van der Waals surface area contributed by atoms with E-state index in [9.17, 15) is 9.18 Å². The molecule has 2 rings (SSSR count). The van der Waals surface area contributed by atoms with Gasteiger partial charge in [-0.1, -0.05) is 32.0 Å². The summed E-state index contributed by atoms with van der Waals surface area (Å²) in [6.07, 6.45) is 1.19. The zero-order valence-electron chi connectivity index (χ0n) is 13.4. The van der Waals surface area contributed by atoms with Gasteiger partial charge in [-0.3, -0.25) is 9.69 Å². The summed E-state index contributed by atoms with van der Waals surface area (Å²) in [4.78, 5) is 14.5. The molecule has 0 unspecified atom stereocenters. The number of nitrogens with two attached hydrogens (primary N) is 1. The smallest absolute Gasteiger partial charge is 0.237 e. The summed E-state index contributed by atoms with van der Waals surface area (Å²) in [5, 5.41) is 2.92. The standard InChI is InChI=1S/C17H26FN3O/c1-12(2)10-21-11-14(19)9-16(21)17(22)20-8-7-13-5-3-4-6-15(13)18/h3-6,12,14,16H,7-11,19H2,1-2H3,(H,20,22)/t14-,16+/m1/s1. The minimum Gasteiger partial charge on any atom is -0.354 e. The van der Waals surface area contributed by atoms with E-state index in [1.165, 1.54) is 6.07 Å². The van der Waals surface area contributed by atoms with Gasteiger partial charge in [0.2, 0.25) is 5.91 Å². The largest absolute Gasteiger partial charge is 0.354 e. The number of likely N-dealkylation sites (tertiary alicyclic amines) is 1. The van der Waals surface area contributed by atoms with Crippen LogP contribution in [0.2, 0.25) is 0 Å². The first-order valence-corrected chi connectivity index (χ1v) is 7.98. The molecule has 1 aromatic carbocycles. The first kappa shape index (κ1) is 16.9. The summed E-state index contributed by atoms with van der Waals surface area (Å²) in [6.45, 7) is 6.36. The van der Waals surface area contributed by atoms with Crippen molar-refractivity contribution >= 4 is 5.91 Å². The average molecular weight is 307 g/mol. The molecule has 1 heterocycles. The first-order chi connectivity index (χ1) is 10.5. The van der Waals surface area contributed by atoms with E-state index in [2.05, 4.69) is 24.1 Å². The maximum Gasteiger partial charge on any atom is 0.237 e. The van der Waals surface area contributed by atoms with Gasteiger partial charge in [0.15, 0.2) is 0 Å². The van der Waals surface area contributed by atoms with Gasteiger partial charge < -0.3 is 11.1 Å². The number of halogens is 1. The molecule has 0 aromatic heterocycles. The molecule has 0 bridgehead atoms. The lowest BCUT2D eigenvalue weighted by molar-refractivity contribution is -0.125. The highest BCUT2D eigenvalue weighted by molar-refractivity contribution is 5.82. The van der Waals surface area contributed by atoms with Crippen molar-refractivity contribution in [1.82, 2.24) is 10.2 Å². The molecule has 0 radical (unpaired) electrons. The van der Waals surface area contributed by atoms with Crippen LogP contribution >= 0.6 is 0 Å². The Bertz CT molecular complexity index is 506. The normalized spacial score (nSPS) is 22.2. The molecule has 2 atom stereocenters. The second-order valence-corrected chi connectivity index (χ2v) is 6.49. The van der Waals surface area contributed by atoms with E-state index in [0.29, 0.717) is 30.9 Å². The molecule has 1 aliphatic heterocycles. The summed E-state index contributed by atoms with van der Waals surface area (Å²) in [6, 6.07) is 6.57. The Balaban J connectivity index is 1.84. The Morgan fingerprint density at radius 2 is 2.18 bits per heavy atom. The van der Waals surface area contributed by atoms with Gasteiger partial charge in [0.05, 0.1) is 6.04 Å². The highest BCUT2D eigenvalue weighted by Crippen LogP contribution is 2.18. The van der Waals surface area contributed by atoms with Crippen LogP contribution in [0.5, 0.6) is 0 Å². The second-order valence-electron chi connectivity index (χ2n) is 6.49. The Kier molecular flexibility index (Phi) is 5.91. The number of carbonyl (C=O) groups is 1. The third kappa shape index (κ3) is 4.52. The number of carbonyl (C=O) groups excluding carboxylic acids is 1. The van der Waals surface area contributed by atoms with Gasteiger partial charge in [0.1, 0.15) is 5.82 Å². The van der Waals surface area contributed by atoms with E-state index in [1.807, 2.05) is 0 Å². The van der Waals surface area contributed by atoms with E-state index in [1.54, 1.807) is 18.2 Å². The molecular formula is C17H26FN3O. The average Bonchev–Trinajstić information content (AvgIpc) is 2.81. The fraction of sp³-hybridized carbons (Fsp3) is 0.588. The molecule has 5 heteroatoms. The fourth-order valence-electron chi connectivity index (χ4n) is 3.02. The molecule has 0 spiro atoms. The number of nitrogens with one attached hydrogen (secondary N) is 1. The predicted octanol–water partition coefficient (Wildman–Crippen LogP) is 1.54. The number of amides is 1. The van der Waals surface area contributed by atoms with Gasteiger partial charge in [-0.15, -0.1) is 0 Å². The van der Waals surface area contributed by atoms with Crippen molar-refractivity contribution in [2.75, 3.05) is 19.6 Å². The quantitative estimate of drug-likeness (QED) is 0.838. The minimum absolute atomic E-state index is 0.00457. The van der Waals surface area contributed by atoms with Crippen LogP contribution in [0.3, 0.4) is 0 Å². The van der Waals surface area contributed by atoms with Crippen molar-refractivity contribution in [2.24, 2.45) is 11.7 Å². The van der Waals surface area contributed by atoms with Crippen molar-refractivity contribution < 1.29 is 9.18 Å². The number of nitrogens with zero attached hydrogens (tertiary/aromatic N) is 1. The third-order valence-electron chi connectivity index (χ3n) is 3.99. The second kappa shape index (κ2) is 7.70. The van der Waals surface area contributed by atoms with Crippen LogP contribution in [0, 0.1) is 11.7 Å². The van der Waals surface area contributed by atoms with Crippen LogP contribution in [0.4, 0.5) is 4.39 Å². The molecule has 1 aromatic rings. The van der Waals surface area contributed by atoms with E-state index in [4.69, 9.17) is 5.73 Å². The van der Waals surface area contributed by atoms with E-state index in [-0.39, 0.29) is 23.8 Å². The van der Waals surface area contributed by atoms with Gasteiger partial charge in [0.25, 0.3) is 0 Å². The van der Waals surface area contributed by atoms with Crippen molar-refractivity contribution in [3.05, 3.63) is 35.6 Å². The van der Waals surface area contributed by atoms with Gasteiger partial charge in [-0.2, -0.15) is 0 Å². The Morgan fingerprint density at radius 1 is 1.45 bits per heavy atom. The summed E-state index contributed by atoms with van der Waals surface area (Å²) in [5.41, 5.74) is 6.63. The van der Waals surface area contributed by atoms with Crippen molar-refractivity contribution in [3.8, 4) is 0 Å². The molecule has 1 aliphatic rings. The molecule has 0 aliphatic carbocycles. The zero-order valence-corrected chi connectivity index (χ0v) is 13.4. The molecule has 1 fully saturated rings. The van der Waals surface area contributed by atoms with Crippen LogP contribution in [0.25, 0.3) is 0 Å². The summed E-state index contributed by atoms with van der Waals surface area (Å²) >= 11 is 0. The maximum atomic E-state index is 13.5. The number of hydrogen-bond acceptors (Lipinski definition) is 3. The van der Waals surface area contributed by atoms with Gasteiger partial charge in [-0.05, 0) is 30.4 Å². The fourth-order valence-corrected chi connectivity index (χ4v) is 3.02. The van der Waals surface area contributed by atoms with Crippen LogP contribution in [-0.2, 0) is 11.2 Å². The topological polar surface area (TPSA) is 58.4 Å². The van der Waals surface area contributed by atoms with Crippen LogP contribution in [0.15, 0.2) is 24.3 Å². The maximum absolute atomic E-state index is 13.5. The van der Waals surface area contributed by atoms with Gasteiger partial charge in [0, 0.05) is 25.7 Å². The molecule has 122 valence electrons. The Labute approximate surface area is 131 Å². The minimum atomic E-state index is -0.221. The summed E-state index contributed by atoms with van der Waals surface area (Å²) < 4.78 is 13.5. The molecular weight excluding hydrogens is 281 g/mol. The lowest BCUT2D eigenvalue weighted by Crippen LogP contribution is -2.45. The molecule has 1 amide bonds.